The van der Waals surface area contributed by atoms with Gasteiger partial charge in [-0.1, -0.05) is 31.5 Å². The fraction of sp³-hybridized carbons (Fsp3) is 0.500. The van der Waals surface area contributed by atoms with Crippen LogP contribution < -0.4 is 10.1 Å². The Morgan fingerprint density at radius 3 is 2.54 bits per heavy atom. The topological polar surface area (TPSA) is 47.6 Å². The summed E-state index contributed by atoms with van der Waals surface area (Å²) >= 11 is 0. The molecule has 1 amide bonds. The average Bonchev–Trinajstić information content (AvgIpc) is 3.02. The maximum Gasteiger partial charge on any atom is 0.408 e. The van der Waals surface area contributed by atoms with Gasteiger partial charge in [0.05, 0.1) is 11.6 Å². The number of nitrogens with one attached hydrogen (secondary N) is 1. The number of cyclic esters (lactones) is 1. The highest BCUT2D eigenvalue weighted by molar-refractivity contribution is 5.85. The van der Waals surface area contributed by atoms with Crippen LogP contribution in [0.2, 0.25) is 0 Å². The van der Waals surface area contributed by atoms with E-state index in [9.17, 15) is 4.79 Å². The number of rotatable bonds is 4. The zero-order valence-corrected chi connectivity index (χ0v) is 15.6. The molecule has 0 bridgehead atoms. The minimum absolute atomic E-state index is 0.347. The SMILES string of the molecule is CCC1CCC(Oc2ccc3cc([C@]4(C)COC(=O)N4)ccc3c2)CC1. The Balaban J connectivity index is 1.50. The van der Waals surface area contributed by atoms with Crippen LogP contribution in [0.15, 0.2) is 36.4 Å². The lowest BCUT2D eigenvalue weighted by molar-refractivity contribution is 0.130. The van der Waals surface area contributed by atoms with Crippen molar-refractivity contribution in [1.29, 1.82) is 0 Å². The molecule has 4 rings (SSSR count). The summed E-state index contributed by atoms with van der Waals surface area (Å²) in [6.07, 6.45) is 6.17. The van der Waals surface area contributed by atoms with E-state index in [1.165, 1.54) is 19.3 Å². The normalized spacial score (nSPS) is 28.6. The average molecular weight is 353 g/mol. The molecule has 0 unspecified atom stereocenters. The van der Waals surface area contributed by atoms with E-state index in [1.807, 2.05) is 6.92 Å². The van der Waals surface area contributed by atoms with Gasteiger partial charge in [-0.15, -0.1) is 0 Å². The van der Waals surface area contributed by atoms with Crippen LogP contribution in [0.3, 0.4) is 0 Å². The van der Waals surface area contributed by atoms with Crippen molar-refractivity contribution >= 4 is 16.9 Å². The highest BCUT2D eigenvalue weighted by Crippen LogP contribution is 2.32. The fourth-order valence-electron chi connectivity index (χ4n) is 4.15. The number of amides is 1. The summed E-state index contributed by atoms with van der Waals surface area (Å²) in [5, 5.41) is 5.20. The molecule has 138 valence electrons. The summed E-state index contributed by atoms with van der Waals surface area (Å²) in [4.78, 5) is 11.4. The Morgan fingerprint density at radius 1 is 1.12 bits per heavy atom. The van der Waals surface area contributed by atoms with Gasteiger partial charge in [-0.2, -0.15) is 0 Å². The maximum atomic E-state index is 11.4. The molecule has 2 aromatic rings. The fourth-order valence-corrected chi connectivity index (χ4v) is 4.15. The number of hydrogen-bond donors (Lipinski definition) is 1. The largest absolute Gasteiger partial charge is 0.490 e. The van der Waals surface area contributed by atoms with E-state index in [0.29, 0.717) is 12.7 Å². The third-order valence-corrected chi connectivity index (χ3v) is 5.99. The Bertz CT molecular complexity index is 810. The van der Waals surface area contributed by atoms with Crippen molar-refractivity contribution in [2.24, 2.45) is 5.92 Å². The van der Waals surface area contributed by atoms with Crippen LogP contribution in [0.5, 0.6) is 5.75 Å². The van der Waals surface area contributed by atoms with Gasteiger partial charge >= 0.3 is 6.09 Å². The monoisotopic (exact) mass is 353 g/mol. The zero-order chi connectivity index (χ0) is 18.1. The van der Waals surface area contributed by atoms with E-state index in [-0.39, 0.29) is 6.09 Å². The van der Waals surface area contributed by atoms with Crippen molar-refractivity contribution in [3.05, 3.63) is 42.0 Å². The van der Waals surface area contributed by atoms with Gasteiger partial charge < -0.3 is 14.8 Å². The first-order valence-corrected chi connectivity index (χ1v) is 9.71. The second-order valence-corrected chi connectivity index (χ2v) is 7.93. The summed E-state index contributed by atoms with van der Waals surface area (Å²) in [7, 11) is 0. The molecule has 1 heterocycles. The molecule has 2 fully saturated rings. The highest BCUT2D eigenvalue weighted by atomic mass is 16.6. The second-order valence-electron chi connectivity index (χ2n) is 7.93. The van der Waals surface area contributed by atoms with Gasteiger partial charge in [0.25, 0.3) is 0 Å². The van der Waals surface area contributed by atoms with E-state index in [0.717, 1.165) is 40.8 Å². The van der Waals surface area contributed by atoms with Crippen molar-refractivity contribution in [3.63, 3.8) is 0 Å². The van der Waals surface area contributed by atoms with Crippen LogP contribution in [0.25, 0.3) is 10.8 Å². The van der Waals surface area contributed by atoms with Crippen LogP contribution in [-0.2, 0) is 10.3 Å². The van der Waals surface area contributed by atoms with Crippen LogP contribution in [0.4, 0.5) is 4.79 Å². The zero-order valence-electron chi connectivity index (χ0n) is 15.6. The van der Waals surface area contributed by atoms with Gasteiger partial charge in [0.15, 0.2) is 0 Å². The standard InChI is InChI=1S/C22H27NO3/c1-3-15-4-9-19(10-5-15)26-20-11-7-16-12-18(8-6-17(16)13-20)22(2)14-25-21(24)23-22/h6-8,11-13,15,19H,3-5,9-10,14H2,1-2H3,(H,23,24)/t15?,19?,22-/m0/s1. The number of fused-ring (bicyclic) bond motifs is 1. The number of carbonyl (C=O) groups excluding carboxylic acids is 1. The van der Waals surface area contributed by atoms with E-state index in [2.05, 4.69) is 48.6 Å². The summed E-state index contributed by atoms with van der Waals surface area (Å²) in [6, 6.07) is 12.6. The molecule has 0 aromatic heterocycles. The lowest BCUT2D eigenvalue weighted by Crippen LogP contribution is -2.37. The first-order valence-electron chi connectivity index (χ1n) is 9.71. The van der Waals surface area contributed by atoms with Gasteiger partial charge in [0.2, 0.25) is 0 Å². The smallest absolute Gasteiger partial charge is 0.408 e. The second kappa shape index (κ2) is 6.82. The van der Waals surface area contributed by atoms with E-state index < -0.39 is 5.54 Å². The van der Waals surface area contributed by atoms with Crippen LogP contribution in [-0.4, -0.2) is 18.8 Å². The molecule has 1 saturated heterocycles. The molecule has 1 N–H and O–H groups in total. The Kier molecular flexibility index (Phi) is 4.51. The van der Waals surface area contributed by atoms with E-state index >= 15 is 0 Å². The summed E-state index contributed by atoms with van der Waals surface area (Å²) in [5.41, 5.74) is 0.598. The van der Waals surface area contributed by atoms with Gasteiger partial charge in [0.1, 0.15) is 12.4 Å². The van der Waals surface area contributed by atoms with Crippen LogP contribution >= 0.6 is 0 Å². The van der Waals surface area contributed by atoms with Crippen LogP contribution in [0.1, 0.15) is 51.5 Å². The summed E-state index contributed by atoms with van der Waals surface area (Å²) in [6.45, 7) is 4.63. The lowest BCUT2D eigenvalue weighted by Gasteiger charge is -2.28. The van der Waals surface area contributed by atoms with Gasteiger partial charge in [-0.05, 0) is 73.1 Å². The quantitative estimate of drug-likeness (QED) is 0.827. The molecule has 4 heteroatoms. The molecule has 1 aliphatic carbocycles. The first-order chi connectivity index (χ1) is 12.6. The summed E-state index contributed by atoms with van der Waals surface area (Å²) < 4.78 is 11.3. The minimum atomic E-state index is -0.460. The maximum absolute atomic E-state index is 11.4. The van der Waals surface area contributed by atoms with Gasteiger partial charge in [-0.3, -0.25) is 0 Å². The molecule has 0 radical (unpaired) electrons. The third kappa shape index (κ3) is 3.37. The number of carbonyl (C=O) groups is 1. The Labute approximate surface area is 154 Å². The Hall–Kier alpha value is -2.23. The lowest BCUT2D eigenvalue weighted by atomic mass is 9.86. The highest BCUT2D eigenvalue weighted by Gasteiger charge is 2.36. The number of alkyl carbamates (subject to hydrolysis) is 1. The number of benzene rings is 2. The van der Waals surface area contributed by atoms with Crippen molar-refractivity contribution in [1.82, 2.24) is 5.32 Å². The van der Waals surface area contributed by atoms with E-state index in [1.54, 1.807) is 0 Å². The van der Waals surface area contributed by atoms with E-state index in [4.69, 9.17) is 9.47 Å². The van der Waals surface area contributed by atoms with Crippen molar-refractivity contribution < 1.29 is 14.3 Å². The number of hydrogen-bond acceptors (Lipinski definition) is 3. The molecule has 4 nitrogen and oxygen atoms in total. The molecular weight excluding hydrogens is 326 g/mol. The Morgan fingerprint density at radius 2 is 1.85 bits per heavy atom. The van der Waals surface area contributed by atoms with Crippen molar-refractivity contribution in [3.8, 4) is 5.75 Å². The molecule has 1 atom stereocenters. The summed E-state index contributed by atoms with van der Waals surface area (Å²) in [5.74, 6) is 1.83. The predicted octanol–water partition coefficient (Wildman–Crippen LogP) is 5.14. The van der Waals surface area contributed by atoms with Crippen molar-refractivity contribution in [2.75, 3.05) is 6.61 Å². The molecule has 1 aliphatic heterocycles. The predicted molar refractivity (Wildman–Crippen MR) is 102 cm³/mol. The van der Waals surface area contributed by atoms with Crippen molar-refractivity contribution in [2.45, 2.75) is 57.6 Å². The molecule has 0 spiro atoms. The van der Waals surface area contributed by atoms with Gasteiger partial charge in [0, 0.05) is 0 Å². The van der Waals surface area contributed by atoms with Gasteiger partial charge in [-0.25, -0.2) is 4.79 Å². The molecular formula is C22H27NO3. The first kappa shape index (κ1) is 17.2. The van der Waals surface area contributed by atoms with Crippen LogP contribution in [0, 0.1) is 5.92 Å². The minimum Gasteiger partial charge on any atom is -0.490 e. The molecule has 1 saturated carbocycles. The third-order valence-electron chi connectivity index (χ3n) is 5.99. The molecule has 2 aromatic carbocycles. The molecule has 26 heavy (non-hydrogen) atoms. The number of ether oxygens (including phenoxy) is 2. The molecule has 2 aliphatic rings.